The lowest BCUT2D eigenvalue weighted by molar-refractivity contribution is -0.134. The zero-order valence-corrected chi connectivity index (χ0v) is 13.8. The normalized spacial score (nSPS) is 18.6. The highest BCUT2D eigenvalue weighted by atomic mass is 32.1. The van der Waals surface area contributed by atoms with Crippen molar-refractivity contribution < 1.29 is 4.79 Å². The molecule has 22 heavy (non-hydrogen) atoms. The maximum absolute atomic E-state index is 12.7. The summed E-state index contributed by atoms with van der Waals surface area (Å²) >= 11 is 1.64. The monoisotopic (exact) mass is 318 g/mol. The molecule has 1 atom stereocenters. The van der Waals surface area contributed by atoms with Crippen LogP contribution in [-0.4, -0.2) is 32.1 Å². The van der Waals surface area contributed by atoms with Crippen molar-refractivity contribution in [2.75, 3.05) is 6.54 Å². The van der Waals surface area contributed by atoms with Gasteiger partial charge in [0.2, 0.25) is 5.91 Å². The molecule has 1 fully saturated rings. The van der Waals surface area contributed by atoms with Crippen LogP contribution < -0.4 is 0 Å². The van der Waals surface area contributed by atoms with Gasteiger partial charge in [-0.15, -0.1) is 10.2 Å². The fraction of sp³-hybridized carbons (Fsp3) is 0.562. The molecule has 3 rings (SSSR count). The van der Waals surface area contributed by atoms with Crippen LogP contribution in [0, 0.1) is 0 Å². The van der Waals surface area contributed by atoms with E-state index in [4.69, 9.17) is 0 Å². The number of carbonyl (C=O) groups is 1. The van der Waals surface area contributed by atoms with Gasteiger partial charge in [0.25, 0.3) is 0 Å². The Morgan fingerprint density at radius 3 is 3.14 bits per heavy atom. The molecule has 0 N–H and O–H groups in total. The predicted octanol–water partition coefficient (Wildman–Crippen LogP) is 3.05. The molecule has 1 aliphatic heterocycles. The van der Waals surface area contributed by atoms with Crippen molar-refractivity contribution in [1.82, 2.24) is 19.7 Å². The van der Waals surface area contributed by atoms with Crippen LogP contribution in [0.15, 0.2) is 23.2 Å². The van der Waals surface area contributed by atoms with Gasteiger partial charge in [0.1, 0.15) is 6.33 Å². The second-order valence-electron chi connectivity index (χ2n) is 5.79. The average Bonchev–Trinajstić information content (AvgIpc) is 3.19. The van der Waals surface area contributed by atoms with E-state index in [-0.39, 0.29) is 11.9 Å². The Balaban J connectivity index is 1.78. The number of likely N-dealkylation sites (tertiary alicyclic amines) is 1. The number of carbonyl (C=O) groups excluding carboxylic acids is 1. The Morgan fingerprint density at radius 2 is 2.36 bits per heavy atom. The standard InChI is InChI=1S/C16H22N4OS/c1-2-7-19-12-17-18-16(19)14-5-3-4-8-20(14)15(21)10-13-6-9-22-11-13/h6,9,11-12,14H,2-5,7-8,10H2,1H3/t14-/m0/s1. The first-order valence-corrected chi connectivity index (χ1v) is 8.92. The van der Waals surface area contributed by atoms with Gasteiger partial charge in [0.05, 0.1) is 12.5 Å². The zero-order chi connectivity index (χ0) is 15.4. The number of aromatic nitrogens is 3. The van der Waals surface area contributed by atoms with Crippen molar-refractivity contribution >= 4 is 17.2 Å². The summed E-state index contributed by atoms with van der Waals surface area (Å²) in [4.78, 5) is 14.7. The van der Waals surface area contributed by atoms with Crippen molar-refractivity contribution in [1.29, 1.82) is 0 Å². The van der Waals surface area contributed by atoms with Gasteiger partial charge in [-0.1, -0.05) is 6.92 Å². The summed E-state index contributed by atoms with van der Waals surface area (Å²) in [5.74, 6) is 1.15. The number of amides is 1. The topological polar surface area (TPSA) is 51.0 Å². The zero-order valence-electron chi connectivity index (χ0n) is 12.9. The van der Waals surface area contributed by atoms with Crippen molar-refractivity contribution in [2.24, 2.45) is 0 Å². The number of hydrogen-bond acceptors (Lipinski definition) is 4. The predicted molar refractivity (Wildman–Crippen MR) is 86.6 cm³/mol. The molecule has 0 radical (unpaired) electrons. The smallest absolute Gasteiger partial charge is 0.227 e. The van der Waals surface area contributed by atoms with Crippen LogP contribution in [0.1, 0.15) is 50.0 Å². The number of thiophene rings is 1. The first-order valence-electron chi connectivity index (χ1n) is 7.98. The molecule has 6 heteroatoms. The molecule has 1 amide bonds. The lowest BCUT2D eigenvalue weighted by atomic mass is 10.00. The number of nitrogens with zero attached hydrogens (tertiary/aromatic N) is 4. The Morgan fingerprint density at radius 1 is 1.45 bits per heavy atom. The third kappa shape index (κ3) is 3.21. The summed E-state index contributed by atoms with van der Waals surface area (Å²) < 4.78 is 2.10. The van der Waals surface area contributed by atoms with Crippen LogP contribution in [0.3, 0.4) is 0 Å². The van der Waals surface area contributed by atoms with Crippen LogP contribution in [0.5, 0.6) is 0 Å². The van der Waals surface area contributed by atoms with Gasteiger partial charge in [-0.05, 0) is 48.1 Å². The maximum Gasteiger partial charge on any atom is 0.227 e. The van der Waals surface area contributed by atoms with Crippen LogP contribution in [0.2, 0.25) is 0 Å². The van der Waals surface area contributed by atoms with Crippen molar-refractivity contribution in [3.63, 3.8) is 0 Å². The molecule has 0 saturated carbocycles. The molecule has 0 bridgehead atoms. The van der Waals surface area contributed by atoms with Gasteiger partial charge in [0, 0.05) is 13.1 Å². The quantitative estimate of drug-likeness (QED) is 0.851. The summed E-state index contributed by atoms with van der Waals surface area (Å²) in [7, 11) is 0. The van der Waals surface area contributed by atoms with Gasteiger partial charge >= 0.3 is 0 Å². The molecule has 5 nitrogen and oxygen atoms in total. The van der Waals surface area contributed by atoms with E-state index in [1.54, 1.807) is 17.7 Å². The van der Waals surface area contributed by atoms with E-state index in [1.807, 2.05) is 16.3 Å². The molecular weight excluding hydrogens is 296 g/mol. The molecule has 118 valence electrons. The third-order valence-electron chi connectivity index (χ3n) is 4.17. The number of rotatable bonds is 5. The second-order valence-corrected chi connectivity index (χ2v) is 6.57. The Kier molecular flexibility index (Phi) is 4.87. The summed E-state index contributed by atoms with van der Waals surface area (Å²) in [5.41, 5.74) is 1.11. The van der Waals surface area contributed by atoms with E-state index in [0.29, 0.717) is 6.42 Å². The molecular formula is C16H22N4OS. The number of hydrogen-bond donors (Lipinski definition) is 0. The summed E-state index contributed by atoms with van der Waals surface area (Å²) in [5, 5.41) is 12.4. The fourth-order valence-electron chi connectivity index (χ4n) is 3.10. The first kappa shape index (κ1) is 15.2. The minimum atomic E-state index is 0.0777. The van der Waals surface area contributed by atoms with E-state index < -0.39 is 0 Å². The van der Waals surface area contributed by atoms with Gasteiger partial charge in [-0.25, -0.2) is 0 Å². The van der Waals surface area contributed by atoms with E-state index in [1.165, 1.54) is 0 Å². The van der Waals surface area contributed by atoms with Crippen LogP contribution in [-0.2, 0) is 17.8 Å². The van der Waals surface area contributed by atoms with Crippen molar-refractivity contribution in [3.8, 4) is 0 Å². The SMILES string of the molecule is CCCn1cnnc1[C@@H]1CCCCN1C(=O)Cc1ccsc1. The third-order valence-corrected chi connectivity index (χ3v) is 4.90. The fourth-order valence-corrected chi connectivity index (χ4v) is 3.77. The highest BCUT2D eigenvalue weighted by molar-refractivity contribution is 7.07. The van der Waals surface area contributed by atoms with E-state index in [0.717, 1.165) is 50.2 Å². The molecule has 2 aromatic rings. The summed E-state index contributed by atoms with van der Waals surface area (Å²) in [6.07, 6.45) is 6.52. The van der Waals surface area contributed by atoms with Crippen molar-refractivity contribution in [2.45, 2.75) is 51.6 Å². The Bertz CT molecular complexity index is 607. The Hall–Kier alpha value is -1.69. The minimum absolute atomic E-state index is 0.0777. The largest absolute Gasteiger partial charge is 0.332 e. The lowest BCUT2D eigenvalue weighted by Gasteiger charge is -2.35. The molecule has 2 aromatic heterocycles. The Labute approximate surface area is 135 Å². The lowest BCUT2D eigenvalue weighted by Crippen LogP contribution is -2.40. The summed E-state index contributed by atoms with van der Waals surface area (Å²) in [6.45, 7) is 3.88. The molecule has 3 heterocycles. The van der Waals surface area contributed by atoms with Crippen LogP contribution >= 0.6 is 11.3 Å². The van der Waals surface area contributed by atoms with Gasteiger partial charge in [0.15, 0.2) is 5.82 Å². The molecule has 0 unspecified atom stereocenters. The minimum Gasteiger partial charge on any atom is -0.332 e. The van der Waals surface area contributed by atoms with E-state index in [2.05, 4.69) is 27.1 Å². The van der Waals surface area contributed by atoms with Gasteiger partial charge in [-0.2, -0.15) is 11.3 Å². The van der Waals surface area contributed by atoms with Gasteiger partial charge < -0.3 is 9.47 Å². The molecule has 0 spiro atoms. The van der Waals surface area contributed by atoms with E-state index in [9.17, 15) is 4.79 Å². The molecule has 1 saturated heterocycles. The highest BCUT2D eigenvalue weighted by Gasteiger charge is 2.31. The average molecular weight is 318 g/mol. The maximum atomic E-state index is 12.7. The highest BCUT2D eigenvalue weighted by Crippen LogP contribution is 2.30. The van der Waals surface area contributed by atoms with Crippen LogP contribution in [0.4, 0.5) is 0 Å². The number of aryl methyl sites for hydroxylation is 1. The molecule has 0 aliphatic carbocycles. The van der Waals surface area contributed by atoms with Crippen molar-refractivity contribution in [3.05, 3.63) is 34.5 Å². The first-order chi connectivity index (χ1) is 10.8. The van der Waals surface area contributed by atoms with Gasteiger partial charge in [-0.3, -0.25) is 4.79 Å². The van der Waals surface area contributed by atoms with Crippen LogP contribution in [0.25, 0.3) is 0 Å². The number of piperidine rings is 1. The second kappa shape index (κ2) is 7.05. The summed E-state index contributed by atoms with van der Waals surface area (Å²) in [6, 6.07) is 2.11. The van der Waals surface area contributed by atoms with E-state index >= 15 is 0 Å². The molecule has 1 aliphatic rings. The molecule has 0 aromatic carbocycles.